The van der Waals surface area contributed by atoms with Crippen LogP contribution in [0.1, 0.15) is 38.7 Å². The van der Waals surface area contributed by atoms with Crippen molar-refractivity contribution in [1.82, 2.24) is 10.6 Å². The lowest BCUT2D eigenvalue weighted by molar-refractivity contribution is -0.121. The van der Waals surface area contributed by atoms with Gasteiger partial charge in [0.05, 0.1) is 6.61 Å². The summed E-state index contributed by atoms with van der Waals surface area (Å²) >= 11 is 0. The van der Waals surface area contributed by atoms with E-state index < -0.39 is 0 Å². The highest BCUT2D eigenvalue weighted by Gasteiger charge is 2.15. The van der Waals surface area contributed by atoms with Crippen LogP contribution in [0.2, 0.25) is 0 Å². The Morgan fingerprint density at radius 2 is 2.16 bits per heavy atom. The lowest BCUT2D eigenvalue weighted by Crippen LogP contribution is -2.38. The molecule has 0 radical (unpaired) electrons. The van der Waals surface area contributed by atoms with E-state index in [-0.39, 0.29) is 30.3 Å². The number of nitrogens with one attached hydrogen (secondary N) is 3. The van der Waals surface area contributed by atoms with Gasteiger partial charge in [-0.05, 0) is 50.1 Å². The van der Waals surface area contributed by atoms with Crippen molar-refractivity contribution < 1.29 is 14.3 Å². The van der Waals surface area contributed by atoms with Gasteiger partial charge >= 0.3 is 0 Å². The number of carbonyl (C=O) groups is 2. The van der Waals surface area contributed by atoms with E-state index in [9.17, 15) is 9.59 Å². The molecule has 0 fully saturated rings. The van der Waals surface area contributed by atoms with E-state index >= 15 is 0 Å². The second-order valence-corrected chi connectivity index (χ2v) is 6.08. The van der Waals surface area contributed by atoms with Crippen LogP contribution < -0.4 is 20.7 Å². The number of anilines is 1. The highest BCUT2D eigenvalue weighted by atomic mass is 35.5. The van der Waals surface area contributed by atoms with E-state index in [1.54, 1.807) is 0 Å². The molecule has 1 aliphatic heterocycles. The van der Waals surface area contributed by atoms with Crippen molar-refractivity contribution in [1.29, 1.82) is 0 Å². The van der Waals surface area contributed by atoms with Crippen LogP contribution in [0.25, 0.3) is 0 Å². The topological polar surface area (TPSA) is 79.5 Å². The molecule has 1 heterocycles. The number of likely N-dealkylation sites (N-methyl/N-ethyl adjacent to an activating group) is 1. The first-order valence-electron chi connectivity index (χ1n) is 8.64. The van der Waals surface area contributed by atoms with Gasteiger partial charge in [-0.3, -0.25) is 9.59 Å². The Balaban J connectivity index is 0.00000312. The number of fused-ring (bicyclic) bond motifs is 1. The van der Waals surface area contributed by atoms with Gasteiger partial charge in [0.25, 0.3) is 0 Å². The van der Waals surface area contributed by atoms with Crippen molar-refractivity contribution in [2.45, 2.75) is 45.6 Å². The van der Waals surface area contributed by atoms with Crippen LogP contribution in [-0.4, -0.2) is 37.6 Å². The third kappa shape index (κ3) is 7.32. The Labute approximate surface area is 155 Å². The second kappa shape index (κ2) is 10.9. The molecule has 0 saturated heterocycles. The number of rotatable bonds is 9. The molecule has 0 saturated carbocycles. The minimum absolute atomic E-state index is 0. The van der Waals surface area contributed by atoms with Crippen LogP contribution in [0.5, 0.6) is 5.75 Å². The zero-order chi connectivity index (χ0) is 17.4. The van der Waals surface area contributed by atoms with Crippen LogP contribution >= 0.6 is 12.4 Å². The number of hydrogen-bond acceptors (Lipinski definition) is 4. The standard InChI is InChI=1S/C18H27N3O3.ClH/c1-3-19-13(2)12-20-17(22)5-4-10-24-15-7-8-16-14(11-15)6-9-18(23)21-16;/h7-8,11,13,19H,3-6,9-10,12H2,1-2H3,(H,20,22)(H,21,23);1H/t13-;/m1./s1. The fraction of sp³-hybridized carbons (Fsp3) is 0.556. The van der Waals surface area contributed by atoms with Crippen molar-refractivity contribution >= 4 is 29.9 Å². The molecule has 7 heteroatoms. The molecule has 1 aliphatic rings. The largest absolute Gasteiger partial charge is 0.494 e. The number of hydrogen-bond donors (Lipinski definition) is 3. The van der Waals surface area contributed by atoms with Crippen molar-refractivity contribution in [3.63, 3.8) is 0 Å². The van der Waals surface area contributed by atoms with Gasteiger partial charge < -0.3 is 20.7 Å². The maximum Gasteiger partial charge on any atom is 0.224 e. The molecule has 1 aromatic carbocycles. The molecular formula is C18H28ClN3O3. The quantitative estimate of drug-likeness (QED) is 0.583. The molecule has 0 bridgehead atoms. The summed E-state index contributed by atoms with van der Waals surface area (Å²) in [5.74, 6) is 0.896. The van der Waals surface area contributed by atoms with E-state index in [1.165, 1.54) is 0 Å². The van der Waals surface area contributed by atoms with Crippen molar-refractivity contribution in [3.8, 4) is 5.75 Å². The highest BCUT2D eigenvalue weighted by molar-refractivity contribution is 5.94. The Morgan fingerprint density at radius 1 is 1.36 bits per heavy atom. The van der Waals surface area contributed by atoms with E-state index in [0.717, 1.165) is 30.0 Å². The Kier molecular flexibility index (Phi) is 9.31. The molecule has 25 heavy (non-hydrogen) atoms. The zero-order valence-corrected chi connectivity index (χ0v) is 15.7. The van der Waals surface area contributed by atoms with Crippen LogP contribution in [0.4, 0.5) is 5.69 Å². The van der Waals surface area contributed by atoms with Crippen LogP contribution in [0.3, 0.4) is 0 Å². The number of aryl methyl sites for hydroxylation is 1. The Morgan fingerprint density at radius 3 is 2.92 bits per heavy atom. The van der Waals surface area contributed by atoms with Crippen LogP contribution in [0.15, 0.2) is 18.2 Å². The van der Waals surface area contributed by atoms with Crippen molar-refractivity contribution in [2.75, 3.05) is 25.0 Å². The van der Waals surface area contributed by atoms with Crippen LogP contribution in [0, 0.1) is 0 Å². The van der Waals surface area contributed by atoms with Gasteiger partial charge in [-0.25, -0.2) is 0 Å². The molecule has 2 rings (SSSR count). The molecule has 0 spiro atoms. The SMILES string of the molecule is CCN[C@H](C)CNC(=O)CCCOc1ccc2c(c1)CCC(=O)N2.Cl. The number of halogens is 1. The van der Waals surface area contributed by atoms with Gasteiger partial charge in [0, 0.05) is 31.1 Å². The van der Waals surface area contributed by atoms with Crippen LogP contribution in [-0.2, 0) is 16.0 Å². The highest BCUT2D eigenvalue weighted by Crippen LogP contribution is 2.26. The summed E-state index contributed by atoms with van der Waals surface area (Å²) in [6.45, 7) is 6.14. The summed E-state index contributed by atoms with van der Waals surface area (Å²) in [5, 5.41) is 9.01. The van der Waals surface area contributed by atoms with Crippen molar-refractivity contribution in [3.05, 3.63) is 23.8 Å². The molecule has 0 aromatic heterocycles. The van der Waals surface area contributed by atoms with E-state index in [2.05, 4.69) is 16.0 Å². The van der Waals surface area contributed by atoms with E-state index in [4.69, 9.17) is 4.74 Å². The third-order valence-electron chi connectivity index (χ3n) is 3.95. The first kappa shape index (κ1) is 21.3. The molecule has 0 unspecified atom stereocenters. The predicted molar refractivity (Wildman–Crippen MR) is 102 cm³/mol. The fourth-order valence-electron chi connectivity index (χ4n) is 2.65. The number of benzene rings is 1. The van der Waals surface area contributed by atoms with E-state index in [0.29, 0.717) is 32.4 Å². The van der Waals surface area contributed by atoms with Gasteiger partial charge in [0.15, 0.2) is 0 Å². The molecule has 2 amide bonds. The third-order valence-corrected chi connectivity index (χ3v) is 3.95. The van der Waals surface area contributed by atoms with Gasteiger partial charge in [-0.2, -0.15) is 0 Å². The predicted octanol–water partition coefficient (Wildman–Crippen LogP) is 2.27. The van der Waals surface area contributed by atoms with Gasteiger partial charge in [-0.15, -0.1) is 12.4 Å². The maximum absolute atomic E-state index is 11.8. The molecule has 0 aliphatic carbocycles. The Hall–Kier alpha value is -1.79. The maximum atomic E-state index is 11.8. The number of amides is 2. The van der Waals surface area contributed by atoms with Gasteiger partial charge in [-0.1, -0.05) is 6.92 Å². The summed E-state index contributed by atoms with van der Waals surface area (Å²) in [5.41, 5.74) is 1.97. The molecular weight excluding hydrogens is 342 g/mol. The zero-order valence-electron chi connectivity index (χ0n) is 14.9. The lowest BCUT2D eigenvalue weighted by atomic mass is 10.0. The average Bonchev–Trinajstić information content (AvgIpc) is 2.57. The lowest BCUT2D eigenvalue weighted by Gasteiger charge is -2.17. The average molecular weight is 370 g/mol. The Bertz CT molecular complexity index is 581. The summed E-state index contributed by atoms with van der Waals surface area (Å²) in [4.78, 5) is 23.1. The summed E-state index contributed by atoms with van der Waals surface area (Å²) in [6.07, 6.45) is 2.39. The molecule has 1 aromatic rings. The molecule has 140 valence electrons. The minimum atomic E-state index is 0. The van der Waals surface area contributed by atoms with E-state index in [1.807, 2.05) is 32.0 Å². The second-order valence-electron chi connectivity index (χ2n) is 6.08. The molecule has 1 atom stereocenters. The molecule has 3 N–H and O–H groups in total. The first-order valence-corrected chi connectivity index (χ1v) is 8.64. The minimum Gasteiger partial charge on any atom is -0.494 e. The smallest absolute Gasteiger partial charge is 0.224 e. The number of ether oxygens (including phenoxy) is 1. The summed E-state index contributed by atoms with van der Waals surface area (Å²) < 4.78 is 5.71. The van der Waals surface area contributed by atoms with Gasteiger partial charge in [0.2, 0.25) is 11.8 Å². The molecule has 6 nitrogen and oxygen atoms in total. The fourth-order valence-corrected chi connectivity index (χ4v) is 2.65. The van der Waals surface area contributed by atoms with Crippen molar-refractivity contribution in [2.24, 2.45) is 0 Å². The monoisotopic (exact) mass is 369 g/mol. The normalized spacial score (nSPS) is 13.9. The number of carbonyl (C=O) groups excluding carboxylic acids is 2. The van der Waals surface area contributed by atoms with Gasteiger partial charge in [0.1, 0.15) is 5.75 Å². The summed E-state index contributed by atoms with van der Waals surface area (Å²) in [7, 11) is 0. The first-order chi connectivity index (χ1) is 11.6. The summed E-state index contributed by atoms with van der Waals surface area (Å²) in [6, 6.07) is 5.97.